The zero-order valence-electron chi connectivity index (χ0n) is 10.1. The van der Waals surface area contributed by atoms with Crippen molar-refractivity contribution in [1.29, 1.82) is 0 Å². The summed E-state index contributed by atoms with van der Waals surface area (Å²) >= 11 is 6.08. The first-order chi connectivity index (χ1) is 8.58. The summed E-state index contributed by atoms with van der Waals surface area (Å²) in [4.78, 5) is 8.22. The van der Waals surface area contributed by atoms with E-state index in [2.05, 4.69) is 15.4 Å². The second-order valence-electron chi connectivity index (χ2n) is 3.82. The van der Waals surface area contributed by atoms with Gasteiger partial charge in [-0.15, -0.1) is 0 Å². The number of hydrazine groups is 1. The molecule has 6 heteroatoms. The van der Waals surface area contributed by atoms with Gasteiger partial charge in [-0.1, -0.05) is 17.7 Å². The Balaban J connectivity index is 2.30. The van der Waals surface area contributed by atoms with E-state index in [9.17, 15) is 0 Å². The Morgan fingerprint density at radius 1 is 1.22 bits per heavy atom. The summed E-state index contributed by atoms with van der Waals surface area (Å²) in [5, 5.41) is 0.536. The highest BCUT2D eigenvalue weighted by Crippen LogP contribution is 2.29. The van der Waals surface area contributed by atoms with Crippen LogP contribution in [0.2, 0.25) is 5.02 Å². The summed E-state index contributed by atoms with van der Waals surface area (Å²) in [6, 6.07) is 7.14. The Morgan fingerprint density at radius 3 is 2.67 bits per heavy atom. The van der Waals surface area contributed by atoms with Crippen molar-refractivity contribution >= 4 is 17.4 Å². The molecule has 0 fully saturated rings. The number of nitrogens with zero attached hydrogens (tertiary/aromatic N) is 2. The van der Waals surface area contributed by atoms with Crippen LogP contribution in [0.3, 0.4) is 0 Å². The Hall–Kier alpha value is -1.85. The minimum Gasteiger partial charge on any atom is -0.437 e. The maximum atomic E-state index is 6.08. The van der Waals surface area contributed by atoms with Crippen molar-refractivity contribution in [3.63, 3.8) is 0 Å². The van der Waals surface area contributed by atoms with Crippen LogP contribution in [0.1, 0.15) is 11.4 Å². The largest absolute Gasteiger partial charge is 0.437 e. The van der Waals surface area contributed by atoms with E-state index in [1.165, 1.54) is 0 Å². The van der Waals surface area contributed by atoms with Gasteiger partial charge in [0.25, 0.3) is 0 Å². The fourth-order valence-corrected chi connectivity index (χ4v) is 1.74. The first-order valence-corrected chi connectivity index (χ1v) is 5.72. The molecule has 1 aromatic heterocycles. The molecule has 2 aromatic rings. The number of aromatic nitrogens is 2. The number of aryl methyl sites for hydroxylation is 2. The summed E-state index contributed by atoms with van der Waals surface area (Å²) < 4.78 is 5.61. The fourth-order valence-electron chi connectivity index (χ4n) is 1.47. The summed E-state index contributed by atoms with van der Waals surface area (Å²) in [5.41, 5.74) is 3.52. The third-order valence-corrected chi connectivity index (χ3v) is 2.56. The topological polar surface area (TPSA) is 73.1 Å². The lowest BCUT2D eigenvalue weighted by Crippen LogP contribution is -2.09. The van der Waals surface area contributed by atoms with E-state index in [-0.39, 0.29) is 0 Å². The van der Waals surface area contributed by atoms with Gasteiger partial charge < -0.3 is 10.2 Å². The van der Waals surface area contributed by atoms with Crippen molar-refractivity contribution in [2.75, 3.05) is 5.43 Å². The summed E-state index contributed by atoms with van der Waals surface area (Å²) in [7, 11) is 0. The first kappa shape index (κ1) is 12.6. The van der Waals surface area contributed by atoms with Crippen molar-refractivity contribution < 1.29 is 4.74 Å². The Labute approximate surface area is 110 Å². The lowest BCUT2D eigenvalue weighted by atomic mass is 10.2. The van der Waals surface area contributed by atoms with Crippen LogP contribution >= 0.6 is 11.6 Å². The number of nitrogens with two attached hydrogens (primary N) is 1. The number of hydrogen-bond acceptors (Lipinski definition) is 5. The van der Waals surface area contributed by atoms with E-state index >= 15 is 0 Å². The number of nitrogen functional groups attached to an aromatic ring is 1. The molecule has 0 aliphatic carbocycles. The molecule has 1 heterocycles. The molecule has 94 valence electrons. The number of halogens is 1. The van der Waals surface area contributed by atoms with Gasteiger partial charge in [-0.2, -0.15) is 4.98 Å². The van der Waals surface area contributed by atoms with E-state index in [1.807, 2.05) is 19.1 Å². The SMILES string of the molecule is Cc1ccc(Oc2cc(NN)nc(C)n2)c(Cl)c1. The van der Waals surface area contributed by atoms with Crippen molar-refractivity contribution in [2.45, 2.75) is 13.8 Å². The molecule has 0 aliphatic rings. The molecule has 0 spiro atoms. The summed E-state index contributed by atoms with van der Waals surface area (Å²) in [6.45, 7) is 3.71. The third kappa shape index (κ3) is 2.88. The van der Waals surface area contributed by atoms with Gasteiger partial charge in [0, 0.05) is 6.07 Å². The molecule has 0 atom stereocenters. The van der Waals surface area contributed by atoms with Gasteiger partial charge in [0.1, 0.15) is 17.4 Å². The van der Waals surface area contributed by atoms with Crippen LogP contribution in [-0.2, 0) is 0 Å². The fraction of sp³-hybridized carbons (Fsp3) is 0.167. The standard InChI is InChI=1S/C12H13ClN4O/c1-7-3-4-10(9(13)5-7)18-12-6-11(17-14)15-8(2)16-12/h3-6H,14H2,1-2H3,(H,15,16,17). The molecule has 0 radical (unpaired) electrons. The monoisotopic (exact) mass is 264 g/mol. The molecular weight excluding hydrogens is 252 g/mol. The lowest BCUT2D eigenvalue weighted by Gasteiger charge is -2.09. The molecule has 0 amide bonds. The number of hydrogen-bond donors (Lipinski definition) is 2. The molecule has 5 nitrogen and oxygen atoms in total. The van der Waals surface area contributed by atoms with E-state index in [0.29, 0.717) is 28.3 Å². The summed E-state index contributed by atoms with van der Waals surface area (Å²) in [6.07, 6.45) is 0. The van der Waals surface area contributed by atoms with Crippen LogP contribution < -0.4 is 16.0 Å². The molecule has 0 saturated heterocycles. The van der Waals surface area contributed by atoms with E-state index in [4.69, 9.17) is 22.2 Å². The minimum absolute atomic E-state index is 0.390. The van der Waals surface area contributed by atoms with Crippen molar-refractivity contribution in [3.05, 3.63) is 40.7 Å². The lowest BCUT2D eigenvalue weighted by molar-refractivity contribution is 0.460. The molecule has 18 heavy (non-hydrogen) atoms. The molecule has 0 unspecified atom stereocenters. The zero-order chi connectivity index (χ0) is 13.1. The predicted octanol–water partition coefficient (Wildman–Crippen LogP) is 2.82. The molecule has 0 bridgehead atoms. The number of nitrogens with one attached hydrogen (secondary N) is 1. The van der Waals surface area contributed by atoms with E-state index in [1.54, 1.807) is 19.1 Å². The van der Waals surface area contributed by atoms with Gasteiger partial charge in [-0.05, 0) is 31.5 Å². The number of rotatable bonds is 3. The quantitative estimate of drug-likeness (QED) is 0.659. The highest BCUT2D eigenvalue weighted by molar-refractivity contribution is 6.32. The average Bonchev–Trinajstić information content (AvgIpc) is 2.32. The molecule has 3 N–H and O–H groups in total. The second-order valence-corrected chi connectivity index (χ2v) is 4.23. The minimum atomic E-state index is 0.390. The first-order valence-electron chi connectivity index (χ1n) is 5.35. The van der Waals surface area contributed by atoms with Crippen LogP contribution in [0.25, 0.3) is 0 Å². The second kappa shape index (κ2) is 5.20. The van der Waals surface area contributed by atoms with Crippen LogP contribution in [0.5, 0.6) is 11.6 Å². The Bertz CT molecular complexity index is 574. The molecule has 2 rings (SSSR count). The highest BCUT2D eigenvalue weighted by atomic mass is 35.5. The number of benzene rings is 1. The molecule has 0 saturated carbocycles. The average molecular weight is 265 g/mol. The van der Waals surface area contributed by atoms with Gasteiger partial charge in [-0.3, -0.25) is 0 Å². The highest BCUT2D eigenvalue weighted by Gasteiger charge is 2.06. The number of anilines is 1. The van der Waals surface area contributed by atoms with Crippen LogP contribution in [0.15, 0.2) is 24.3 Å². The van der Waals surface area contributed by atoms with Gasteiger partial charge in [0.15, 0.2) is 0 Å². The van der Waals surface area contributed by atoms with E-state index < -0.39 is 0 Å². The van der Waals surface area contributed by atoms with Crippen LogP contribution in [0.4, 0.5) is 5.82 Å². The smallest absolute Gasteiger partial charge is 0.224 e. The zero-order valence-corrected chi connectivity index (χ0v) is 10.8. The van der Waals surface area contributed by atoms with Crippen LogP contribution in [-0.4, -0.2) is 9.97 Å². The molecule has 1 aromatic carbocycles. The van der Waals surface area contributed by atoms with Gasteiger partial charge in [0.05, 0.1) is 5.02 Å². The van der Waals surface area contributed by atoms with E-state index in [0.717, 1.165) is 5.56 Å². The normalized spacial score (nSPS) is 10.2. The maximum absolute atomic E-state index is 6.08. The molecule has 0 aliphatic heterocycles. The molecular formula is C12H13ClN4O. The van der Waals surface area contributed by atoms with Crippen molar-refractivity contribution in [1.82, 2.24) is 9.97 Å². The Morgan fingerprint density at radius 2 is 2.00 bits per heavy atom. The van der Waals surface area contributed by atoms with Gasteiger partial charge in [-0.25, -0.2) is 10.8 Å². The van der Waals surface area contributed by atoms with Crippen LogP contribution in [0, 0.1) is 13.8 Å². The Kier molecular flexibility index (Phi) is 3.64. The third-order valence-electron chi connectivity index (χ3n) is 2.26. The number of ether oxygens (including phenoxy) is 1. The maximum Gasteiger partial charge on any atom is 0.224 e. The van der Waals surface area contributed by atoms with Gasteiger partial charge >= 0.3 is 0 Å². The van der Waals surface area contributed by atoms with Crippen molar-refractivity contribution in [2.24, 2.45) is 5.84 Å². The predicted molar refractivity (Wildman–Crippen MR) is 70.8 cm³/mol. The van der Waals surface area contributed by atoms with Gasteiger partial charge in [0.2, 0.25) is 5.88 Å². The van der Waals surface area contributed by atoms with Crippen molar-refractivity contribution in [3.8, 4) is 11.6 Å². The summed E-state index contributed by atoms with van der Waals surface area (Å²) in [5.74, 6) is 7.29.